The molecule has 2 rings (SSSR count). The molecular formula is C13H21N5O. The summed E-state index contributed by atoms with van der Waals surface area (Å²) < 4.78 is 0. The minimum absolute atomic E-state index is 0.0441. The van der Waals surface area contributed by atoms with Gasteiger partial charge in [-0.25, -0.2) is 9.97 Å². The van der Waals surface area contributed by atoms with Crippen molar-refractivity contribution in [2.24, 2.45) is 0 Å². The van der Waals surface area contributed by atoms with Crippen molar-refractivity contribution >= 4 is 11.9 Å². The lowest BCUT2D eigenvalue weighted by Crippen LogP contribution is -2.49. The van der Waals surface area contributed by atoms with Gasteiger partial charge in [0, 0.05) is 38.1 Å². The van der Waals surface area contributed by atoms with E-state index in [4.69, 9.17) is 0 Å². The first-order valence-corrected chi connectivity index (χ1v) is 6.70. The molecule has 0 aromatic carbocycles. The predicted molar refractivity (Wildman–Crippen MR) is 73.8 cm³/mol. The summed E-state index contributed by atoms with van der Waals surface area (Å²) in [6.07, 6.45) is 6.64. The summed E-state index contributed by atoms with van der Waals surface area (Å²) in [7, 11) is 3.56. The van der Waals surface area contributed by atoms with Gasteiger partial charge in [-0.05, 0) is 26.3 Å². The topological polar surface area (TPSA) is 70.2 Å². The van der Waals surface area contributed by atoms with Gasteiger partial charge in [0.1, 0.15) is 6.04 Å². The summed E-state index contributed by atoms with van der Waals surface area (Å²) >= 11 is 0. The number of hydrogen-bond acceptors (Lipinski definition) is 5. The van der Waals surface area contributed by atoms with Crippen molar-refractivity contribution in [3.63, 3.8) is 0 Å². The zero-order chi connectivity index (χ0) is 13.7. The third-order valence-corrected chi connectivity index (χ3v) is 3.38. The summed E-state index contributed by atoms with van der Waals surface area (Å²) in [5.41, 5.74) is 1.04. The maximum absolute atomic E-state index is 11.9. The highest BCUT2D eigenvalue weighted by Gasteiger charge is 2.29. The number of amides is 1. The van der Waals surface area contributed by atoms with E-state index in [1.807, 2.05) is 24.3 Å². The van der Waals surface area contributed by atoms with Crippen LogP contribution in [0.1, 0.15) is 24.8 Å². The molecule has 1 aliphatic heterocycles. The Labute approximate surface area is 113 Å². The van der Waals surface area contributed by atoms with E-state index in [1.165, 1.54) is 0 Å². The van der Waals surface area contributed by atoms with Crippen molar-refractivity contribution < 1.29 is 4.79 Å². The largest absolute Gasteiger partial charge is 0.357 e. The maximum Gasteiger partial charge on any atom is 0.242 e. The van der Waals surface area contributed by atoms with Crippen LogP contribution in [0.4, 0.5) is 5.95 Å². The lowest BCUT2D eigenvalue weighted by Gasteiger charge is -2.34. The number of piperidine rings is 1. The number of nitrogens with zero attached hydrogens (tertiary/aromatic N) is 3. The molecule has 104 valence electrons. The van der Waals surface area contributed by atoms with Gasteiger partial charge in [-0.3, -0.25) is 4.79 Å². The van der Waals surface area contributed by atoms with E-state index in [9.17, 15) is 4.79 Å². The van der Waals surface area contributed by atoms with Crippen LogP contribution in [0.3, 0.4) is 0 Å². The average Bonchev–Trinajstić information content (AvgIpc) is 2.47. The van der Waals surface area contributed by atoms with E-state index in [0.717, 1.165) is 37.9 Å². The maximum atomic E-state index is 11.9. The van der Waals surface area contributed by atoms with Crippen LogP contribution in [0.15, 0.2) is 12.4 Å². The van der Waals surface area contributed by atoms with Crippen LogP contribution in [0.5, 0.6) is 0 Å². The minimum Gasteiger partial charge on any atom is -0.357 e. The van der Waals surface area contributed by atoms with Gasteiger partial charge in [-0.1, -0.05) is 0 Å². The molecule has 1 amide bonds. The monoisotopic (exact) mass is 263 g/mol. The average molecular weight is 263 g/mol. The van der Waals surface area contributed by atoms with Crippen LogP contribution in [0.2, 0.25) is 0 Å². The van der Waals surface area contributed by atoms with E-state index < -0.39 is 0 Å². The molecule has 6 nitrogen and oxygen atoms in total. The Morgan fingerprint density at radius 3 is 2.74 bits per heavy atom. The number of carbonyl (C=O) groups excluding carboxylic acids is 1. The van der Waals surface area contributed by atoms with Gasteiger partial charge >= 0.3 is 0 Å². The van der Waals surface area contributed by atoms with Crippen molar-refractivity contribution in [2.45, 2.75) is 31.8 Å². The third-order valence-electron chi connectivity index (χ3n) is 3.38. The van der Waals surface area contributed by atoms with E-state index in [1.54, 1.807) is 7.05 Å². The molecule has 1 atom stereocenters. The highest BCUT2D eigenvalue weighted by atomic mass is 16.2. The van der Waals surface area contributed by atoms with Crippen LogP contribution in [-0.2, 0) is 11.3 Å². The zero-order valence-electron chi connectivity index (χ0n) is 11.5. The SMILES string of the molecule is CNCc1cnc(N2CCCCC2C(=O)NC)nc1. The number of hydrogen-bond donors (Lipinski definition) is 2. The quantitative estimate of drug-likeness (QED) is 0.817. The van der Waals surface area contributed by atoms with Crippen molar-refractivity contribution in [1.29, 1.82) is 0 Å². The molecule has 2 heterocycles. The molecule has 0 aliphatic carbocycles. The Morgan fingerprint density at radius 2 is 2.11 bits per heavy atom. The fourth-order valence-corrected chi connectivity index (χ4v) is 2.40. The molecule has 1 saturated heterocycles. The van der Waals surface area contributed by atoms with Crippen LogP contribution in [0, 0.1) is 0 Å². The second-order valence-corrected chi connectivity index (χ2v) is 4.74. The van der Waals surface area contributed by atoms with Gasteiger partial charge < -0.3 is 15.5 Å². The van der Waals surface area contributed by atoms with E-state index in [-0.39, 0.29) is 11.9 Å². The highest BCUT2D eigenvalue weighted by Crippen LogP contribution is 2.21. The van der Waals surface area contributed by atoms with Crippen molar-refractivity contribution in [1.82, 2.24) is 20.6 Å². The lowest BCUT2D eigenvalue weighted by atomic mass is 10.0. The Hall–Kier alpha value is -1.69. The summed E-state index contributed by atoms with van der Waals surface area (Å²) in [5, 5.41) is 5.78. The van der Waals surface area contributed by atoms with Gasteiger partial charge in [0.2, 0.25) is 11.9 Å². The molecule has 2 N–H and O–H groups in total. The molecule has 0 radical (unpaired) electrons. The predicted octanol–water partition coefficient (Wildman–Crippen LogP) is 0.301. The molecule has 0 bridgehead atoms. The normalized spacial score (nSPS) is 19.3. The molecule has 1 aromatic rings. The fourth-order valence-electron chi connectivity index (χ4n) is 2.40. The molecule has 0 saturated carbocycles. The van der Waals surface area contributed by atoms with Crippen LogP contribution in [0.25, 0.3) is 0 Å². The van der Waals surface area contributed by atoms with E-state index in [2.05, 4.69) is 20.6 Å². The Bertz CT molecular complexity index is 420. The molecule has 1 unspecified atom stereocenters. The lowest BCUT2D eigenvalue weighted by molar-refractivity contribution is -0.122. The van der Waals surface area contributed by atoms with E-state index in [0.29, 0.717) is 5.95 Å². The van der Waals surface area contributed by atoms with Gasteiger partial charge in [0.05, 0.1) is 0 Å². The smallest absolute Gasteiger partial charge is 0.242 e. The number of likely N-dealkylation sites (N-methyl/N-ethyl adjacent to an activating group) is 1. The first-order valence-electron chi connectivity index (χ1n) is 6.70. The zero-order valence-corrected chi connectivity index (χ0v) is 11.5. The molecule has 19 heavy (non-hydrogen) atoms. The summed E-state index contributed by atoms with van der Waals surface area (Å²) in [6.45, 7) is 1.59. The second-order valence-electron chi connectivity index (χ2n) is 4.74. The number of anilines is 1. The third kappa shape index (κ3) is 3.20. The number of rotatable bonds is 4. The molecule has 0 spiro atoms. The number of nitrogens with one attached hydrogen (secondary N) is 2. The van der Waals surface area contributed by atoms with Gasteiger partial charge in [-0.2, -0.15) is 0 Å². The van der Waals surface area contributed by atoms with Crippen LogP contribution < -0.4 is 15.5 Å². The van der Waals surface area contributed by atoms with Gasteiger partial charge in [0.25, 0.3) is 0 Å². The van der Waals surface area contributed by atoms with Crippen molar-refractivity contribution in [2.75, 3.05) is 25.5 Å². The first-order chi connectivity index (χ1) is 9.26. The van der Waals surface area contributed by atoms with Crippen LogP contribution >= 0.6 is 0 Å². The van der Waals surface area contributed by atoms with Gasteiger partial charge in [0.15, 0.2) is 0 Å². The standard InChI is InChI=1S/C13H21N5O/c1-14-7-10-8-16-13(17-9-10)18-6-4-3-5-11(18)12(19)15-2/h8-9,11,14H,3-7H2,1-2H3,(H,15,19). The Balaban J connectivity index is 2.15. The second kappa shape index (κ2) is 6.47. The van der Waals surface area contributed by atoms with Crippen molar-refractivity contribution in [3.8, 4) is 0 Å². The fraction of sp³-hybridized carbons (Fsp3) is 0.615. The van der Waals surface area contributed by atoms with Crippen LogP contribution in [-0.4, -0.2) is 42.6 Å². The van der Waals surface area contributed by atoms with E-state index >= 15 is 0 Å². The number of carbonyl (C=O) groups is 1. The molecule has 6 heteroatoms. The Kier molecular flexibility index (Phi) is 4.68. The first kappa shape index (κ1) is 13.7. The Morgan fingerprint density at radius 1 is 1.37 bits per heavy atom. The summed E-state index contributed by atoms with van der Waals surface area (Å²) in [6, 6.07) is -0.145. The number of aromatic nitrogens is 2. The summed E-state index contributed by atoms with van der Waals surface area (Å²) in [4.78, 5) is 22.7. The molecule has 1 aromatic heterocycles. The molecular weight excluding hydrogens is 242 g/mol. The minimum atomic E-state index is -0.145. The van der Waals surface area contributed by atoms with Crippen molar-refractivity contribution in [3.05, 3.63) is 18.0 Å². The highest BCUT2D eigenvalue weighted by molar-refractivity contribution is 5.84. The molecule has 1 fully saturated rings. The molecule has 1 aliphatic rings. The summed E-state index contributed by atoms with van der Waals surface area (Å²) in [5.74, 6) is 0.691. The van der Waals surface area contributed by atoms with Gasteiger partial charge in [-0.15, -0.1) is 0 Å².